The first-order valence-corrected chi connectivity index (χ1v) is 5.50. The third-order valence-electron chi connectivity index (χ3n) is 2.42. The number of amides is 1. The van der Waals surface area contributed by atoms with Crippen molar-refractivity contribution in [1.29, 1.82) is 0 Å². The lowest BCUT2D eigenvalue weighted by Crippen LogP contribution is -2.43. The third-order valence-corrected chi connectivity index (χ3v) is 2.42. The van der Waals surface area contributed by atoms with E-state index in [0.717, 1.165) is 25.1 Å². The largest absolute Gasteiger partial charge is 0.347 e. The standard InChI is InChI=1S/C12H16F2N2O/c1-4-6-12(2,3)16-11(17)8-5-7-15-10(14)9(8)13/h5,7H,4,6H2,1-3H3,(H,16,17). The molecule has 0 atom stereocenters. The molecule has 0 unspecified atom stereocenters. The zero-order valence-electron chi connectivity index (χ0n) is 10.2. The Bertz CT molecular complexity index is 419. The van der Waals surface area contributed by atoms with E-state index in [9.17, 15) is 13.6 Å². The number of nitrogens with one attached hydrogen (secondary N) is 1. The predicted octanol–water partition coefficient (Wildman–Crippen LogP) is 2.67. The molecular formula is C12H16F2N2O. The van der Waals surface area contributed by atoms with Crippen molar-refractivity contribution in [3.63, 3.8) is 0 Å². The fourth-order valence-corrected chi connectivity index (χ4v) is 1.66. The van der Waals surface area contributed by atoms with Gasteiger partial charge in [0.25, 0.3) is 5.91 Å². The average Bonchev–Trinajstić information content (AvgIpc) is 2.21. The maximum Gasteiger partial charge on any atom is 0.254 e. The Balaban J connectivity index is 2.87. The van der Waals surface area contributed by atoms with Gasteiger partial charge in [0.1, 0.15) is 0 Å². The zero-order valence-corrected chi connectivity index (χ0v) is 10.2. The molecule has 3 nitrogen and oxygen atoms in total. The van der Waals surface area contributed by atoms with Gasteiger partial charge in [0.15, 0.2) is 5.82 Å². The summed E-state index contributed by atoms with van der Waals surface area (Å²) >= 11 is 0. The van der Waals surface area contributed by atoms with Gasteiger partial charge in [0, 0.05) is 11.7 Å². The van der Waals surface area contributed by atoms with Gasteiger partial charge >= 0.3 is 0 Å². The van der Waals surface area contributed by atoms with Gasteiger partial charge in [-0.15, -0.1) is 0 Å². The van der Waals surface area contributed by atoms with Gasteiger partial charge in [-0.05, 0) is 26.3 Å². The van der Waals surface area contributed by atoms with Crippen molar-refractivity contribution in [2.75, 3.05) is 0 Å². The van der Waals surface area contributed by atoms with Gasteiger partial charge in [-0.1, -0.05) is 13.3 Å². The number of carbonyl (C=O) groups excluding carboxylic acids is 1. The molecule has 0 saturated heterocycles. The molecule has 0 saturated carbocycles. The van der Waals surface area contributed by atoms with Crippen LogP contribution in [0.4, 0.5) is 8.78 Å². The summed E-state index contributed by atoms with van der Waals surface area (Å²) in [5, 5.41) is 2.67. The number of hydrogen-bond donors (Lipinski definition) is 1. The summed E-state index contributed by atoms with van der Waals surface area (Å²) < 4.78 is 26.2. The first-order valence-electron chi connectivity index (χ1n) is 5.50. The molecule has 0 aliphatic carbocycles. The molecule has 1 aromatic heterocycles. The van der Waals surface area contributed by atoms with E-state index < -0.39 is 23.2 Å². The lowest BCUT2D eigenvalue weighted by Gasteiger charge is -2.25. The van der Waals surface area contributed by atoms with Crippen LogP contribution < -0.4 is 5.32 Å². The molecule has 0 radical (unpaired) electrons. The third kappa shape index (κ3) is 3.47. The highest BCUT2D eigenvalue weighted by atomic mass is 19.2. The van der Waals surface area contributed by atoms with E-state index in [2.05, 4.69) is 10.3 Å². The molecule has 94 valence electrons. The second-order valence-electron chi connectivity index (χ2n) is 4.55. The molecular weight excluding hydrogens is 226 g/mol. The van der Waals surface area contributed by atoms with Crippen molar-refractivity contribution >= 4 is 5.91 Å². The second kappa shape index (κ2) is 5.21. The molecule has 0 bridgehead atoms. The van der Waals surface area contributed by atoms with E-state index in [1.165, 1.54) is 0 Å². The van der Waals surface area contributed by atoms with Crippen LogP contribution in [-0.2, 0) is 0 Å². The van der Waals surface area contributed by atoms with Gasteiger partial charge in [-0.3, -0.25) is 4.79 Å². The normalized spacial score (nSPS) is 11.4. The first kappa shape index (κ1) is 13.5. The van der Waals surface area contributed by atoms with Crippen LogP contribution in [0.25, 0.3) is 0 Å². The summed E-state index contributed by atoms with van der Waals surface area (Å²) in [6, 6.07) is 1.16. The molecule has 1 N–H and O–H groups in total. The van der Waals surface area contributed by atoms with Crippen molar-refractivity contribution in [2.45, 2.75) is 39.2 Å². The highest BCUT2D eigenvalue weighted by Gasteiger charge is 2.23. The van der Waals surface area contributed by atoms with Crippen LogP contribution in [0.2, 0.25) is 0 Å². The Morgan fingerprint density at radius 1 is 1.47 bits per heavy atom. The minimum absolute atomic E-state index is 0.318. The minimum atomic E-state index is -1.26. The Morgan fingerprint density at radius 3 is 2.71 bits per heavy atom. The predicted molar refractivity (Wildman–Crippen MR) is 60.6 cm³/mol. The van der Waals surface area contributed by atoms with E-state index in [-0.39, 0.29) is 5.56 Å². The summed E-state index contributed by atoms with van der Waals surface area (Å²) in [6.07, 6.45) is 2.72. The molecule has 0 fully saturated rings. The van der Waals surface area contributed by atoms with Crippen LogP contribution >= 0.6 is 0 Å². The molecule has 0 aliphatic heterocycles. The van der Waals surface area contributed by atoms with Crippen molar-refractivity contribution in [2.24, 2.45) is 0 Å². The fraction of sp³-hybridized carbons (Fsp3) is 0.500. The van der Waals surface area contributed by atoms with E-state index in [0.29, 0.717) is 0 Å². The average molecular weight is 242 g/mol. The summed E-state index contributed by atoms with van der Waals surface area (Å²) in [7, 11) is 0. The lowest BCUT2D eigenvalue weighted by molar-refractivity contribution is 0.0903. The van der Waals surface area contributed by atoms with E-state index in [1.54, 1.807) is 0 Å². The number of halogens is 2. The van der Waals surface area contributed by atoms with Gasteiger partial charge in [-0.2, -0.15) is 4.39 Å². The Kier molecular flexibility index (Phi) is 4.15. The smallest absolute Gasteiger partial charge is 0.254 e. The Morgan fingerprint density at radius 2 is 2.12 bits per heavy atom. The quantitative estimate of drug-likeness (QED) is 0.825. The molecule has 0 aromatic carbocycles. The Labute approximate surface area is 99.2 Å². The zero-order chi connectivity index (χ0) is 13.1. The van der Waals surface area contributed by atoms with Crippen molar-refractivity contribution in [3.8, 4) is 0 Å². The molecule has 0 spiro atoms. The highest BCUT2D eigenvalue weighted by Crippen LogP contribution is 2.14. The number of nitrogens with zero attached hydrogens (tertiary/aromatic N) is 1. The van der Waals surface area contributed by atoms with Gasteiger partial charge in [0.05, 0.1) is 5.56 Å². The van der Waals surface area contributed by atoms with Crippen molar-refractivity contribution < 1.29 is 13.6 Å². The highest BCUT2D eigenvalue weighted by molar-refractivity contribution is 5.94. The van der Waals surface area contributed by atoms with E-state index in [1.807, 2.05) is 20.8 Å². The number of aromatic nitrogens is 1. The van der Waals surface area contributed by atoms with Crippen molar-refractivity contribution in [1.82, 2.24) is 10.3 Å². The molecule has 1 heterocycles. The van der Waals surface area contributed by atoms with Gasteiger partial charge in [-0.25, -0.2) is 9.37 Å². The molecule has 1 aromatic rings. The molecule has 0 aliphatic rings. The number of carbonyl (C=O) groups is 1. The molecule has 5 heteroatoms. The van der Waals surface area contributed by atoms with Crippen LogP contribution in [0.1, 0.15) is 44.0 Å². The first-order chi connectivity index (χ1) is 7.87. The monoisotopic (exact) mass is 242 g/mol. The maximum absolute atomic E-state index is 13.3. The number of pyridine rings is 1. The van der Waals surface area contributed by atoms with Crippen LogP contribution in [0.3, 0.4) is 0 Å². The number of hydrogen-bond acceptors (Lipinski definition) is 2. The van der Waals surface area contributed by atoms with Crippen molar-refractivity contribution in [3.05, 3.63) is 29.6 Å². The topological polar surface area (TPSA) is 42.0 Å². The van der Waals surface area contributed by atoms with Crippen LogP contribution in [-0.4, -0.2) is 16.4 Å². The number of rotatable bonds is 4. The summed E-state index contributed by atoms with van der Waals surface area (Å²) in [4.78, 5) is 14.9. The maximum atomic E-state index is 13.3. The van der Waals surface area contributed by atoms with E-state index in [4.69, 9.17) is 0 Å². The summed E-state index contributed by atoms with van der Waals surface area (Å²) in [5.41, 5.74) is -0.764. The van der Waals surface area contributed by atoms with E-state index >= 15 is 0 Å². The van der Waals surface area contributed by atoms with Gasteiger partial charge in [0.2, 0.25) is 5.95 Å². The lowest BCUT2D eigenvalue weighted by atomic mass is 9.98. The minimum Gasteiger partial charge on any atom is -0.347 e. The molecule has 1 amide bonds. The van der Waals surface area contributed by atoms with Gasteiger partial charge < -0.3 is 5.32 Å². The SMILES string of the molecule is CCCC(C)(C)NC(=O)c1ccnc(F)c1F. The molecule has 17 heavy (non-hydrogen) atoms. The van der Waals surface area contributed by atoms with Crippen LogP contribution in [0.15, 0.2) is 12.3 Å². The summed E-state index contributed by atoms with van der Waals surface area (Å²) in [5.74, 6) is -3.09. The summed E-state index contributed by atoms with van der Waals surface area (Å²) in [6.45, 7) is 5.66. The molecule has 1 rings (SSSR count). The fourth-order valence-electron chi connectivity index (χ4n) is 1.66. The Hall–Kier alpha value is -1.52. The van der Waals surface area contributed by atoms with Crippen LogP contribution in [0, 0.1) is 11.8 Å². The van der Waals surface area contributed by atoms with Crippen LogP contribution in [0.5, 0.6) is 0 Å². The second-order valence-corrected chi connectivity index (χ2v) is 4.55.